The number of quaternary nitrogens is 1. The molecule has 8 heteroatoms. The van der Waals surface area contributed by atoms with Crippen LogP contribution in [0, 0.1) is 0 Å². The van der Waals surface area contributed by atoms with Crippen molar-refractivity contribution in [3.05, 3.63) is 60.8 Å². The molecular weight excluding hydrogens is 835 g/mol. The number of carbonyl (C=O) groups excluding carboxylic acids is 3. The Morgan fingerprint density at radius 1 is 0.463 bits per heavy atom. The standard InChI is InChI=1S/C59H105NO7/c1-6-8-10-12-14-16-18-20-22-24-26-28-30-31-33-35-37-39-41-43-45-47-49-57(61)66-54-55(53-65-52-51-56(59(63)64)60(3,4)5)67-58(62)50-48-46-44-42-40-38-36-34-32-29-27-25-23-21-19-17-15-13-11-9-7-2/h9,11,15,17,21,23-24,26,30-31,55-56H,6-8,10,12-14,16,18-20,22,25,27-29,32-54H2,1-5H3/b11-9+,17-15+,23-21+,26-24+,31-30+. The van der Waals surface area contributed by atoms with E-state index >= 15 is 0 Å². The summed E-state index contributed by atoms with van der Waals surface area (Å²) in [6.45, 7) is 4.57. The summed E-state index contributed by atoms with van der Waals surface area (Å²) in [7, 11) is 5.42. The van der Waals surface area contributed by atoms with Gasteiger partial charge in [0.1, 0.15) is 12.6 Å². The van der Waals surface area contributed by atoms with Crippen LogP contribution < -0.4 is 5.11 Å². The zero-order valence-electron chi connectivity index (χ0n) is 44.3. The van der Waals surface area contributed by atoms with Crippen molar-refractivity contribution < 1.29 is 38.2 Å². The molecule has 67 heavy (non-hydrogen) atoms. The van der Waals surface area contributed by atoms with Crippen LogP contribution >= 0.6 is 0 Å². The van der Waals surface area contributed by atoms with Gasteiger partial charge in [-0.05, 0) is 77.0 Å². The zero-order valence-corrected chi connectivity index (χ0v) is 44.3. The Kier molecular flexibility index (Phi) is 47.3. The minimum atomic E-state index is -1.13. The number of esters is 2. The third-order valence-electron chi connectivity index (χ3n) is 12.4. The van der Waals surface area contributed by atoms with Gasteiger partial charge in [-0.25, -0.2) is 0 Å². The number of allylic oxidation sites excluding steroid dienone is 10. The Bertz CT molecular complexity index is 1280. The number of carbonyl (C=O) groups is 3. The van der Waals surface area contributed by atoms with Crippen LogP contribution in [0.2, 0.25) is 0 Å². The van der Waals surface area contributed by atoms with E-state index < -0.39 is 18.1 Å². The van der Waals surface area contributed by atoms with Crippen molar-refractivity contribution in [3.8, 4) is 0 Å². The zero-order chi connectivity index (χ0) is 49.2. The lowest BCUT2D eigenvalue weighted by Crippen LogP contribution is -2.55. The van der Waals surface area contributed by atoms with Gasteiger partial charge in [-0.1, -0.05) is 209 Å². The van der Waals surface area contributed by atoms with Crippen molar-refractivity contribution >= 4 is 17.9 Å². The Morgan fingerprint density at radius 2 is 0.836 bits per heavy atom. The van der Waals surface area contributed by atoms with Crippen molar-refractivity contribution in [3.63, 3.8) is 0 Å². The molecule has 0 aliphatic carbocycles. The van der Waals surface area contributed by atoms with Crippen LogP contribution in [0.5, 0.6) is 0 Å². The van der Waals surface area contributed by atoms with Gasteiger partial charge in [-0.2, -0.15) is 0 Å². The maximum absolute atomic E-state index is 12.8. The van der Waals surface area contributed by atoms with Crippen LogP contribution in [-0.2, 0) is 28.6 Å². The number of nitrogens with zero attached hydrogens (tertiary/aromatic N) is 1. The number of hydrogen-bond acceptors (Lipinski definition) is 7. The summed E-state index contributed by atoms with van der Waals surface area (Å²) < 4.78 is 17.3. The molecule has 0 aliphatic heterocycles. The van der Waals surface area contributed by atoms with E-state index in [-0.39, 0.29) is 42.7 Å². The predicted molar refractivity (Wildman–Crippen MR) is 282 cm³/mol. The molecule has 0 aliphatic rings. The topological polar surface area (TPSA) is 102 Å². The average molecular weight is 940 g/mol. The molecule has 2 unspecified atom stereocenters. The Balaban J connectivity index is 4.21. The molecule has 0 amide bonds. The first kappa shape index (κ1) is 64.0. The first-order chi connectivity index (χ1) is 32.6. The molecule has 0 fully saturated rings. The molecule has 0 aromatic rings. The summed E-state index contributed by atoms with van der Waals surface area (Å²) in [6, 6.07) is -0.730. The lowest BCUT2D eigenvalue weighted by molar-refractivity contribution is -0.889. The average Bonchev–Trinajstić information content (AvgIpc) is 3.29. The molecule has 2 atom stereocenters. The normalized spacial score (nSPS) is 13.3. The number of aliphatic carboxylic acids is 1. The van der Waals surface area contributed by atoms with Crippen LogP contribution in [0.3, 0.4) is 0 Å². The molecule has 0 radical (unpaired) electrons. The second kappa shape index (κ2) is 49.5. The summed E-state index contributed by atoms with van der Waals surface area (Å²) in [5.41, 5.74) is 0. The van der Waals surface area contributed by atoms with E-state index in [4.69, 9.17) is 14.2 Å². The van der Waals surface area contributed by atoms with E-state index in [1.54, 1.807) is 21.1 Å². The largest absolute Gasteiger partial charge is 0.544 e. The van der Waals surface area contributed by atoms with Gasteiger partial charge < -0.3 is 28.6 Å². The number of unbranched alkanes of at least 4 members (excludes halogenated alkanes) is 26. The predicted octanol–water partition coefficient (Wildman–Crippen LogP) is 15.1. The molecule has 388 valence electrons. The molecule has 0 spiro atoms. The molecule has 8 nitrogen and oxygen atoms in total. The SMILES string of the molecule is CC/C=C/C/C=C/C/C=C/CCCCCCCCCCCCCC(=O)OC(COCCC(C(=O)[O-])[N+](C)(C)C)COC(=O)CCCCCCCCC/C=C/C/C=C/CCCCCCCCCC. The fraction of sp³-hybridized carbons (Fsp3) is 0.780. The minimum Gasteiger partial charge on any atom is -0.544 e. The Hall–Kier alpha value is -2.97. The molecule has 0 aromatic heterocycles. The number of ether oxygens (including phenoxy) is 3. The van der Waals surface area contributed by atoms with Gasteiger partial charge in [-0.15, -0.1) is 0 Å². The maximum Gasteiger partial charge on any atom is 0.306 e. The summed E-state index contributed by atoms with van der Waals surface area (Å²) >= 11 is 0. The quantitative estimate of drug-likeness (QED) is 0.0259. The third kappa shape index (κ3) is 47.9. The van der Waals surface area contributed by atoms with E-state index in [0.29, 0.717) is 12.8 Å². The summed E-state index contributed by atoms with van der Waals surface area (Å²) in [4.78, 5) is 37.1. The number of likely N-dealkylation sites (N-methyl/N-ethyl adjacent to an activating group) is 1. The number of carboxylic acid groups (broad SMARTS) is 1. The van der Waals surface area contributed by atoms with E-state index in [1.807, 2.05) is 0 Å². The molecular formula is C59H105NO7. The summed E-state index contributed by atoms with van der Waals surface area (Å²) in [5, 5.41) is 11.7. The van der Waals surface area contributed by atoms with E-state index in [2.05, 4.69) is 74.6 Å². The number of hydrogen-bond donors (Lipinski definition) is 0. The highest BCUT2D eigenvalue weighted by atomic mass is 16.6. The van der Waals surface area contributed by atoms with Gasteiger partial charge in [0, 0.05) is 19.3 Å². The van der Waals surface area contributed by atoms with Crippen molar-refractivity contribution in [2.75, 3.05) is 41.0 Å². The molecule has 0 heterocycles. The van der Waals surface area contributed by atoms with Crippen molar-refractivity contribution in [2.24, 2.45) is 0 Å². The second-order valence-corrected chi connectivity index (χ2v) is 19.8. The second-order valence-electron chi connectivity index (χ2n) is 19.8. The highest BCUT2D eigenvalue weighted by Gasteiger charge is 2.25. The van der Waals surface area contributed by atoms with Crippen LogP contribution in [0.4, 0.5) is 0 Å². The molecule has 0 aromatic carbocycles. The first-order valence-electron chi connectivity index (χ1n) is 27.8. The molecule has 0 bridgehead atoms. The molecule has 0 saturated heterocycles. The first-order valence-corrected chi connectivity index (χ1v) is 27.8. The van der Waals surface area contributed by atoms with Gasteiger partial charge in [0.2, 0.25) is 0 Å². The summed E-state index contributed by atoms with van der Waals surface area (Å²) in [5.74, 6) is -1.74. The highest BCUT2D eigenvalue weighted by molar-refractivity contribution is 5.70. The van der Waals surface area contributed by atoms with E-state index in [0.717, 1.165) is 70.6 Å². The Morgan fingerprint density at radius 3 is 1.24 bits per heavy atom. The summed E-state index contributed by atoms with van der Waals surface area (Å²) in [6.07, 6.45) is 62.6. The lowest BCUT2D eigenvalue weighted by atomic mass is 10.0. The van der Waals surface area contributed by atoms with Gasteiger partial charge >= 0.3 is 11.9 Å². The number of rotatable bonds is 50. The Labute approximate surface area is 413 Å². The molecule has 0 N–H and O–H groups in total. The smallest absolute Gasteiger partial charge is 0.306 e. The van der Waals surface area contributed by atoms with Crippen LogP contribution in [0.25, 0.3) is 0 Å². The fourth-order valence-electron chi connectivity index (χ4n) is 8.12. The monoisotopic (exact) mass is 940 g/mol. The van der Waals surface area contributed by atoms with Crippen LogP contribution in [0.1, 0.15) is 245 Å². The van der Waals surface area contributed by atoms with Gasteiger partial charge in [0.25, 0.3) is 0 Å². The van der Waals surface area contributed by atoms with Crippen molar-refractivity contribution in [1.82, 2.24) is 0 Å². The van der Waals surface area contributed by atoms with Gasteiger partial charge in [0.05, 0.1) is 40.3 Å². The van der Waals surface area contributed by atoms with Gasteiger partial charge in [0.15, 0.2) is 6.10 Å². The maximum atomic E-state index is 12.8. The van der Waals surface area contributed by atoms with E-state index in [9.17, 15) is 19.5 Å². The van der Waals surface area contributed by atoms with Crippen LogP contribution in [0.15, 0.2) is 60.8 Å². The van der Waals surface area contributed by atoms with Crippen LogP contribution in [-0.4, -0.2) is 75.5 Å². The van der Waals surface area contributed by atoms with E-state index in [1.165, 1.54) is 141 Å². The molecule has 0 saturated carbocycles. The lowest BCUT2D eigenvalue weighted by Gasteiger charge is -2.34. The molecule has 0 rings (SSSR count). The van der Waals surface area contributed by atoms with Crippen molar-refractivity contribution in [1.29, 1.82) is 0 Å². The highest BCUT2D eigenvalue weighted by Crippen LogP contribution is 2.16. The minimum absolute atomic E-state index is 0.0364. The van der Waals surface area contributed by atoms with Crippen molar-refractivity contribution in [2.45, 2.75) is 257 Å². The number of carboxylic acids is 1. The van der Waals surface area contributed by atoms with Gasteiger partial charge in [-0.3, -0.25) is 9.59 Å². The fourth-order valence-corrected chi connectivity index (χ4v) is 8.12. The third-order valence-corrected chi connectivity index (χ3v) is 12.4.